The number of halogens is 1. The summed E-state index contributed by atoms with van der Waals surface area (Å²) in [6, 6.07) is 10.9. The Bertz CT molecular complexity index is 798. The van der Waals surface area contributed by atoms with E-state index in [0.717, 1.165) is 17.1 Å². The summed E-state index contributed by atoms with van der Waals surface area (Å²) in [5.74, 6) is 1.62. The van der Waals surface area contributed by atoms with E-state index in [2.05, 4.69) is 0 Å². The van der Waals surface area contributed by atoms with Crippen LogP contribution in [0.5, 0.6) is 5.75 Å². The van der Waals surface area contributed by atoms with Gasteiger partial charge in [0, 0.05) is 11.5 Å². The lowest BCUT2D eigenvalue weighted by molar-refractivity contribution is 0.476. The molecule has 3 rings (SSSR count). The molecule has 1 fully saturated rings. The van der Waals surface area contributed by atoms with Gasteiger partial charge in [-0.1, -0.05) is 18.2 Å². The van der Waals surface area contributed by atoms with E-state index in [-0.39, 0.29) is 5.75 Å². The third kappa shape index (κ3) is 3.84. The fourth-order valence-corrected chi connectivity index (χ4v) is 6.06. The molecular formula is C16H15FO3S3. The summed E-state index contributed by atoms with van der Waals surface area (Å²) in [6.07, 6.45) is 0. The number of thioether (sulfide) groups is 2. The van der Waals surface area contributed by atoms with Gasteiger partial charge >= 0.3 is 10.1 Å². The van der Waals surface area contributed by atoms with E-state index in [9.17, 15) is 12.8 Å². The highest BCUT2D eigenvalue weighted by Crippen LogP contribution is 2.45. The minimum Gasteiger partial charge on any atom is -0.379 e. The molecule has 122 valence electrons. The van der Waals surface area contributed by atoms with Crippen LogP contribution in [0.4, 0.5) is 4.39 Å². The molecular weight excluding hydrogens is 355 g/mol. The first-order valence-corrected chi connectivity index (χ1v) is 10.5. The maximum absolute atomic E-state index is 13.9. The average Bonchev–Trinajstić information content (AvgIpc) is 3.01. The zero-order valence-electron chi connectivity index (χ0n) is 12.4. The second-order valence-corrected chi connectivity index (χ2v) is 9.35. The lowest BCUT2D eigenvalue weighted by atomic mass is 10.2. The summed E-state index contributed by atoms with van der Waals surface area (Å²) in [6.45, 7) is 1.69. The SMILES string of the molecule is Cc1ccc(S(=O)(=O)Oc2ccc(C3SCCS3)cc2)c(F)c1. The van der Waals surface area contributed by atoms with Gasteiger partial charge in [-0.25, -0.2) is 4.39 Å². The van der Waals surface area contributed by atoms with Crippen LogP contribution in [0.2, 0.25) is 0 Å². The predicted octanol–water partition coefficient (Wildman–Crippen LogP) is 4.38. The molecule has 3 nitrogen and oxygen atoms in total. The Hall–Kier alpha value is -1.18. The normalized spacial score (nSPS) is 15.7. The van der Waals surface area contributed by atoms with Crippen molar-refractivity contribution in [3.8, 4) is 5.75 Å². The molecule has 0 amide bonds. The van der Waals surface area contributed by atoms with Gasteiger partial charge in [-0.15, -0.1) is 23.5 Å². The molecule has 1 saturated heterocycles. The van der Waals surface area contributed by atoms with Crippen LogP contribution in [-0.2, 0) is 10.1 Å². The molecule has 1 heterocycles. The van der Waals surface area contributed by atoms with Gasteiger partial charge in [0.15, 0.2) is 0 Å². The van der Waals surface area contributed by atoms with Gasteiger partial charge < -0.3 is 4.18 Å². The summed E-state index contributed by atoms with van der Waals surface area (Å²) >= 11 is 3.74. The highest BCUT2D eigenvalue weighted by molar-refractivity contribution is 8.19. The predicted molar refractivity (Wildman–Crippen MR) is 93.0 cm³/mol. The third-order valence-electron chi connectivity index (χ3n) is 3.34. The number of benzene rings is 2. The molecule has 0 N–H and O–H groups in total. The van der Waals surface area contributed by atoms with Crippen molar-refractivity contribution in [3.63, 3.8) is 0 Å². The number of hydrogen-bond acceptors (Lipinski definition) is 5. The van der Waals surface area contributed by atoms with Gasteiger partial charge in [-0.2, -0.15) is 8.42 Å². The molecule has 0 bridgehead atoms. The van der Waals surface area contributed by atoms with Crippen LogP contribution in [0.15, 0.2) is 47.4 Å². The summed E-state index contributed by atoms with van der Waals surface area (Å²) in [7, 11) is -4.18. The number of hydrogen-bond donors (Lipinski definition) is 0. The number of rotatable bonds is 4. The molecule has 2 aromatic carbocycles. The summed E-state index contributed by atoms with van der Waals surface area (Å²) in [5, 5.41) is 0. The monoisotopic (exact) mass is 370 g/mol. The standard InChI is InChI=1S/C16H15FO3S3/c1-11-2-7-15(14(17)10-11)23(18,19)20-13-5-3-12(4-6-13)16-21-8-9-22-16/h2-7,10,16H,8-9H2,1H3. The van der Waals surface area contributed by atoms with Crippen LogP contribution in [0.3, 0.4) is 0 Å². The minimum absolute atomic E-state index is 0.182. The molecule has 0 unspecified atom stereocenters. The Morgan fingerprint density at radius 2 is 1.74 bits per heavy atom. The lowest BCUT2D eigenvalue weighted by Crippen LogP contribution is -2.11. The van der Waals surface area contributed by atoms with E-state index in [0.29, 0.717) is 10.1 Å². The van der Waals surface area contributed by atoms with Crippen LogP contribution >= 0.6 is 23.5 Å². The number of aryl methyl sites for hydroxylation is 1. The van der Waals surface area contributed by atoms with Crippen molar-refractivity contribution < 1.29 is 17.0 Å². The van der Waals surface area contributed by atoms with E-state index < -0.39 is 20.8 Å². The van der Waals surface area contributed by atoms with Gasteiger partial charge in [0.2, 0.25) is 0 Å². The smallest absolute Gasteiger partial charge is 0.342 e. The Morgan fingerprint density at radius 3 is 2.35 bits per heavy atom. The van der Waals surface area contributed by atoms with Gasteiger partial charge in [-0.3, -0.25) is 0 Å². The van der Waals surface area contributed by atoms with Crippen molar-refractivity contribution in [2.24, 2.45) is 0 Å². The van der Waals surface area contributed by atoms with Crippen LogP contribution in [0, 0.1) is 12.7 Å². The summed E-state index contributed by atoms with van der Waals surface area (Å²) in [4.78, 5) is -0.450. The maximum atomic E-state index is 13.9. The lowest BCUT2D eigenvalue weighted by Gasteiger charge is -2.11. The van der Waals surface area contributed by atoms with Crippen molar-refractivity contribution in [3.05, 3.63) is 59.4 Å². The highest BCUT2D eigenvalue weighted by Gasteiger charge is 2.22. The van der Waals surface area contributed by atoms with Crippen LogP contribution in [0.25, 0.3) is 0 Å². The maximum Gasteiger partial charge on any atom is 0.342 e. The molecule has 7 heteroatoms. The van der Waals surface area contributed by atoms with Crippen LogP contribution in [0.1, 0.15) is 15.7 Å². The first-order valence-electron chi connectivity index (χ1n) is 6.99. The van der Waals surface area contributed by atoms with Gasteiger partial charge in [-0.05, 0) is 42.3 Å². The molecule has 1 aliphatic heterocycles. The molecule has 2 aromatic rings. The largest absolute Gasteiger partial charge is 0.379 e. The first kappa shape index (κ1) is 16.7. The minimum atomic E-state index is -4.18. The Morgan fingerprint density at radius 1 is 1.09 bits per heavy atom. The molecule has 0 aromatic heterocycles. The fraction of sp³-hybridized carbons (Fsp3) is 0.250. The van der Waals surface area contributed by atoms with Crippen molar-refractivity contribution in [1.29, 1.82) is 0 Å². The average molecular weight is 370 g/mol. The van der Waals surface area contributed by atoms with Gasteiger partial charge in [0.1, 0.15) is 16.5 Å². The van der Waals surface area contributed by atoms with Crippen molar-refractivity contribution in [2.75, 3.05) is 11.5 Å². The summed E-state index contributed by atoms with van der Waals surface area (Å²) in [5.41, 5.74) is 1.78. The van der Waals surface area contributed by atoms with Crippen LogP contribution in [-0.4, -0.2) is 19.9 Å². The molecule has 0 spiro atoms. The Labute approximate surface area is 143 Å². The molecule has 0 saturated carbocycles. The highest BCUT2D eigenvalue weighted by atomic mass is 32.2. The van der Waals surface area contributed by atoms with Crippen LogP contribution < -0.4 is 4.18 Å². The molecule has 0 atom stereocenters. The Kier molecular flexibility index (Phi) is 4.89. The van der Waals surface area contributed by atoms with Crippen molar-refractivity contribution in [1.82, 2.24) is 0 Å². The molecule has 1 aliphatic rings. The Balaban J connectivity index is 1.80. The van der Waals surface area contributed by atoms with Crippen molar-refractivity contribution in [2.45, 2.75) is 16.4 Å². The molecule has 0 radical (unpaired) electrons. The van der Waals surface area contributed by atoms with Gasteiger partial charge in [0.25, 0.3) is 0 Å². The second-order valence-electron chi connectivity index (χ2n) is 5.11. The first-order chi connectivity index (χ1) is 11.0. The zero-order chi connectivity index (χ0) is 16.4. The van der Waals surface area contributed by atoms with E-state index in [1.165, 1.54) is 18.2 Å². The molecule has 0 aliphatic carbocycles. The fourth-order valence-electron chi connectivity index (χ4n) is 2.21. The summed E-state index contributed by atoms with van der Waals surface area (Å²) < 4.78 is 43.7. The second kappa shape index (κ2) is 6.75. The van der Waals surface area contributed by atoms with E-state index >= 15 is 0 Å². The topological polar surface area (TPSA) is 43.4 Å². The quantitative estimate of drug-likeness (QED) is 0.747. The van der Waals surface area contributed by atoms with E-state index in [1.807, 2.05) is 35.7 Å². The third-order valence-corrected chi connectivity index (χ3v) is 7.72. The molecule has 23 heavy (non-hydrogen) atoms. The van der Waals surface area contributed by atoms with E-state index in [4.69, 9.17) is 4.18 Å². The van der Waals surface area contributed by atoms with E-state index in [1.54, 1.807) is 19.1 Å². The van der Waals surface area contributed by atoms with Crippen molar-refractivity contribution >= 4 is 33.6 Å². The van der Waals surface area contributed by atoms with Gasteiger partial charge in [0.05, 0.1) is 4.58 Å². The zero-order valence-corrected chi connectivity index (χ0v) is 14.8.